The molecule has 8 nitrogen and oxygen atoms in total. The van der Waals surface area contributed by atoms with Crippen molar-refractivity contribution in [3.63, 3.8) is 0 Å². The third-order valence-electron chi connectivity index (χ3n) is 4.74. The number of carbonyl (C=O) groups excluding carboxylic acids is 1. The van der Waals surface area contributed by atoms with Gasteiger partial charge in [0.25, 0.3) is 0 Å². The van der Waals surface area contributed by atoms with E-state index in [-0.39, 0.29) is 11.8 Å². The van der Waals surface area contributed by atoms with Crippen LogP contribution in [0.3, 0.4) is 0 Å². The summed E-state index contributed by atoms with van der Waals surface area (Å²) < 4.78 is 39.2. The molecular formula is C20H24ClF3N4O4. The van der Waals surface area contributed by atoms with E-state index in [1.807, 2.05) is 25.2 Å². The van der Waals surface area contributed by atoms with Crippen LogP contribution >= 0.6 is 11.6 Å². The number of carboxylic acid groups (broad SMARTS) is 1. The number of aromatic nitrogens is 2. The molecule has 176 valence electrons. The van der Waals surface area contributed by atoms with Gasteiger partial charge in [-0.15, -0.1) is 0 Å². The van der Waals surface area contributed by atoms with Gasteiger partial charge in [0.2, 0.25) is 5.91 Å². The molecule has 0 spiro atoms. The van der Waals surface area contributed by atoms with Gasteiger partial charge in [0.1, 0.15) is 12.4 Å². The van der Waals surface area contributed by atoms with Crippen LogP contribution in [0.2, 0.25) is 5.02 Å². The lowest BCUT2D eigenvalue weighted by Crippen LogP contribution is -2.21. The summed E-state index contributed by atoms with van der Waals surface area (Å²) in [5.41, 5.74) is 7.79. The fraction of sp³-hybridized carbons (Fsp3) is 0.450. The highest BCUT2D eigenvalue weighted by Crippen LogP contribution is 2.37. The number of benzene rings is 1. The highest BCUT2D eigenvalue weighted by Gasteiger charge is 2.38. The Balaban J connectivity index is 0.000000451. The fourth-order valence-electron chi connectivity index (χ4n) is 3.23. The van der Waals surface area contributed by atoms with Crippen molar-refractivity contribution in [1.29, 1.82) is 0 Å². The molecule has 1 heterocycles. The molecule has 0 atom stereocenters. The van der Waals surface area contributed by atoms with Crippen LogP contribution in [0.4, 0.5) is 18.9 Å². The molecule has 1 amide bonds. The van der Waals surface area contributed by atoms with Crippen molar-refractivity contribution in [3.8, 4) is 17.0 Å². The number of rotatable bonds is 6. The third-order valence-corrected chi connectivity index (χ3v) is 5.02. The number of nitrogens with one attached hydrogen (secondary N) is 1. The van der Waals surface area contributed by atoms with Gasteiger partial charge < -0.3 is 20.9 Å². The number of hydrogen-bond acceptors (Lipinski definition) is 5. The second kappa shape index (κ2) is 11.2. The second-order valence-corrected chi connectivity index (χ2v) is 7.49. The SMILES string of the molecule is Cn1ncc(Cl)c1-c1cc(NC(=O)C2CCCC2)ccc1OCCN.O=C(O)C(F)(F)F. The van der Waals surface area contributed by atoms with Crippen LogP contribution in [0.5, 0.6) is 5.75 Å². The van der Waals surface area contributed by atoms with E-state index >= 15 is 0 Å². The monoisotopic (exact) mass is 476 g/mol. The maximum absolute atomic E-state index is 12.4. The van der Waals surface area contributed by atoms with Crippen LogP contribution < -0.4 is 15.8 Å². The normalized spacial score (nSPS) is 13.9. The van der Waals surface area contributed by atoms with Crippen molar-refractivity contribution >= 4 is 29.2 Å². The summed E-state index contributed by atoms with van der Waals surface area (Å²) in [6.07, 6.45) is 0.681. The number of nitrogens with zero attached hydrogens (tertiary/aromatic N) is 2. The summed E-state index contributed by atoms with van der Waals surface area (Å²) in [7, 11) is 1.82. The molecule has 32 heavy (non-hydrogen) atoms. The summed E-state index contributed by atoms with van der Waals surface area (Å²) in [4.78, 5) is 21.3. The fourth-order valence-corrected chi connectivity index (χ4v) is 3.50. The molecule has 3 rings (SSSR count). The Kier molecular flexibility index (Phi) is 8.90. The Hall–Kier alpha value is -2.79. The van der Waals surface area contributed by atoms with E-state index in [0.717, 1.165) is 42.6 Å². The number of alkyl halides is 3. The summed E-state index contributed by atoms with van der Waals surface area (Å²) in [6, 6.07) is 5.55. The number of hydrogen-bond donors (Lipinski definition) is 3. The average molecular weight is 477 g/mol. The Bertz CT molecular complexity index is 924. The molecule has 1 fully saturated rings. The molecule has 0 radical (unpaired) electrons. The standard InChI is InChI=1S/C18H23ClN4O2.C2HF3O2/c1-23-17(15(19)11-21-23)14-10-13(6-7-16(14)25-9-8-20)22-18(24)12-4-2-3-5-12;3-2(4,5)1(6)7/h6-7,10-12H,2-5,8-9,20H2,1H3,(H,22,24);(H,6,7). The third kappa shape index (κ3) is 6.86. The van der Waals surface area contributed by atoms with Crippen molar-refractivity contribution in [1.82, 2.24) is 9.78 Å². The molecule has 1 aliphatic rings. The average Bonchev–Trinajstić information content (AvgIpc) is 3.37. The summed E-state index contributed by atoms with van der Waals surface area (Å²) in [6.45, 7) is 0.814. The first-order chi connectivity index (χ1) is 15.0. The first kappa shape index (κ1) is 25.5. The van der Waals surface area contributed by atoms with Crippen LogP contribution in [-0.4, -0.2) is 46.1 Å². The molecule has 1 aromatic carbocycles. The molecule has 1 saturated carbocycles. The lowest BCUT2D eigenvalue weighted by molar-refractivity contribution is -0.192. The van der Waals surface area contributed by atoms with E-state index in [4.69, 9.17) is 32.0 Å². The van der Waals surface area contributed by atoms with Gasteiger partial charge in [-0.05, 0) is 31.0 Å². The molecule has 0 aliphatic heterocycles. The van der Waals surface area contributed by atoms with Gasteiger partial charge >= 0.3 is 12.1 Å². The van der Waals surface area contributed by atoms with Crippen molar-refractivity contribution < 1.29 is 32.6 Å². The minimum Gasteiger partial charge on any atom is -0.492 e. The molecule has 0 saturated heterocycles. The van der Waals surface area contributed by atoms with Gasteiger partial charge in [-0.1, -0.05) is 24.4 Å². The highest BCUT2D eigenvalue weighted by molar-refractivity contribution is 6.33. The quantitative estimate of drug-likeness (QED) is 0.582. The zero-order valence-corrected chi connectivity index (χ0v) is 18.0. The largest absolute Gasteiger partial charge is 0.492 e. The number of carboxylic acids is 1. The molecule has 12 heteroatoms. The van der Waals surface area contributed by atoms with E-state index in [1.165, 1.54) is 0 Å². The summed E-state index contributed by atoms with van der Waals surface area (Å²) >= 11 is 6.30. The first-order valence-corrected chi connectivity index (χ1v) is 10.2. The maximum atomic E-state index is 12.4. The van der Waals surface area contributed by atoms with Gasteiger partial charge in [-0.2, -0.15) is 18.3 Å². The molecule has 4 N–H and O–H groups in total. The van der Waals surface area contributed by atoms with E-state index in [2.05, 4.69) is 10.4 Å². The van der Waals surface area contributed by atoms with Crippen LogP contribution in [0.1, 0.15) is 25.7 Å². The zero-order chi connectivity index (χ0) is 23.9. The van der Waals surface area contributed by atoms with Crippen LogP contribution in [0.25, 0.3) is 11.3 Å². The summed E-state index contributed by atoms with van der Waals surface area (Å²) in [5.74, 6) is -1.91. The van der Waals surface area contributed by atoms with E-state index in [9.17, 15) is 18.0 Å². The van der Waals surface area contributed by atoms with E-state index in [0.29, 0.717) is 23.9 Å². The minimum atomic E-state index is -5.08. The first-order valence-electron chi connectivity index (χ1n) is 9.80. The Morgan fingerprint density at radius 2 is 1.97 bits per heavy atom. The van der Waals surface area contributed by atoms with Crippen LogP contribution in [0, 0.1) is 5.92 Å². The minimum absolute atomic E-state index is 0.0789. The lowest BCUT2D eigenvalue weighted by Gasteiger charge is -2.15. The van der Waals surface area contributed by atoms with Crippen LogP contribution in [-0.2, 0) is 16.6 Å². The molecule has 2 aromatic rings. The van der Waals surface area contributed by atoms with Crippen molar-refractivity contribution in [2.24, 2.45) is 18.7 Å². The van der Waals surface area contributed by atoms with E-state index in [1.54, 1.807) is 10.9 Å². The predicted octanol–water partition coefficient (Wildman–Crippen LogP) is 3.84. The van der Waals surface area contributed by atoms with Gasteiger partial charge in [0, 0.05) is 30.8 Å². The number of nitrogens with two attached hydrogens (primary N) is 1. The zero-order valence-electron chi connectivity index (χ0n) is 17.3. The van der Waals surface area contributed by atoms with Gasteiger partial charge in [0.15, 0.2) is 0 Å². The lowest BCUT2D eigenvalue weighted by atomic mass is 10.1. The topological polar surface area (TPSA) is 119 Å². The Morgan fingerprint density at radius 3 is 2.47 bits per heavy atom. The molecule has 1 aromatic heterocycles. The molecule has 0 bridgehead atoms. The number of aryl methyl sites for hydroxylation is 1. The smallest absolute Gasteiger partial charge is 0.490 e. The van der Waals surface area contributed by atoms with Crippen LogP contribution in [0.15, 0.2) is 24.4 Å². The van der Waals surface area contributed by atoms with Gasteiger partial charge in [0.05, 0.1) is 16.9 Å². The predicted molar refractivity (Wildman–Crippen MR) is 112 cm³/mol. The Labute approximate surface area is 187 Å². The Morgan fingerprint density at radius 1 is 1.34 bits per heavy atom. The van der Waals surface area contributed by atoms with Gasteiger partial charge in [-0.25, -0.2) is 4.79 Å². The number of halogens is 4. The second-order valence-electron chi connectivity index (χ2n) is 7.09. The maximum Gasteiger partial charge on any atom is 0.490 e. The number of carbonyl (C=O) groups is 2. The molecule has 1 aliphatic carbocycles. The number of ether oxygens (including phenoxy) is 1. The summed E-state index contributed by atoms with van der Waals surface area (Å²) in [5, 5.41) is 14.9. The van der Waals surface area contributed by atoms with Gasteiger partial charge in [-0.3, -0.25) is 9.48 Å². The number of amides is 1. The molecular weight excluding hydrogens is 453 g/mol. The van der Waals surface area contributed by atoms with E-state index < -0.39 is 12.1 Å². The van der Waals surface area contributed by atoms with Crippen molar-refractivity contribution in [3.05, 3.63) is 29.4 Å². The molecule has 0 unspecified atom stereocenters. The van der Waals surface area contributed by atoms with Crippen molar-refractivity contribution in [2.75, 3.05) is 18.5 Å². The number of anilines is 1. The van der Waals surface area contributed by atoms with Crippen molar-refractivity contribution in [2.45, 2.75) is 31.9 Å². The number of aliphatic carboxylic acids is 1. The highest BCUT2D eigenvalue weighted by atomic mass is 35.5.